The number of nitrogens with zero attached hydrogens (tertiary/aromatic N) is 2. The summed E-state index contributed by atoms with van der Waals surface area (Å²) in [7, 11) is 0. The lowest BCUT2D eigenvalue weighted by Gasteiger charge is -2.08. The number of carbonyl (C=O) groups is 1. The average Bonchev–Trinajstić information content (AvgIpc) is 3.37. The van der Waals surface area contributed by atoms with E-state index >= 15 is 0 Å². The quantitative estimate of drug-likeness (QED) is 0.442. The van der Waals surface area contributed by atoms with Crippen LogP contribution in [-0.4, -0.2) is 46.6 Å². The third-order valence-electron chi connectivity index (χ3n) is 4.63. The zero-order valence-electron chi connectivity index (χ0n) is 16.3. The van der Waals surface area contributed by atoms with Gasteiger partial charge in [0.2, 0.25) is 11.1 Å². The van der Waals surface area contributed by atoms with Gasteiger partial charge < -0.3 is 14.8 Å². The number of aromatic amines is 1. The van der Waals surface area contributed by atoms with Crippen LogP contribution in [0.3, 0.4) is 0 Å². The third-order valence-corrected chi connectivity index (χ3v) is 5.48. The highest BCUT2D eigenvalue weighted by Gasteiger charge is 2.17. The Morgan fingerprint density at radius 3 is 2.64 bits per heavy atom. The predicted octanol–water partition coefficient (Wildman–Crippen LogP) is 3.22. The van der Waals surface area contributed by atoms with Gasteiger partial charge in [-0.15, -0.1) is 5.10 Å². The van der Waals surface area contributed by atoms with E-state index in [2.05, 4.69) is 20.5 Å². The van der Waals surface area contributed by atoms with E-state index in [1.807, 2.05) is 31.2 Å². The molecule has 1 aromatic heterocycles. The molecular formula is C20H28N4O3S. The van der Waals surface area contributed by atoms with Crippen LogP contribution in [0, 0.1) is 5.92 Å². The Hall–Kier alpha value is -2.22. The first kappa shape index (κ1) is 20.5. The van der Waals surface area contributed by atoms with Gasteiger partial charge in [0.05, 0.1) is 18.9 Å². The molecule has 2 aromatic rings. The van der Waals surface area contributed by atoms with Gasteiger partial charge in [0, 0.05) is 6.42 Å². The highest BCUT2D eigenvalue weighted by Crippen LogP contribution is 2.27. The summed E-state index contributed by atoms with van der Waals surface area (Å²) < 4.78 is 11.0. The molecule has 0 unspecified atom stereocenters. The lowest BCUT2D eigenvalue weighted by atomic mass is 10.0. The first-order valence-corrected chi connectivity index (χ1v) is 10.9. The van der Waals surface area contributed by atoms with Gasteiger partial charge in [-0.05, 0) is 37.1 Å². The Labute approximate surface area is 170 Å². The van der Waals surface area contributed by atoms with Crippen LogP contribution >= 0.6 is 11.8 Å². The van der Waals surface area contributed by atoms with Gasteiger partial charge in [-0.1, -0.05) is 37.4 Å². The van der Waals surface area contributed by atoms with E-state index in [0.717, 1.165) is 29.7 Å². The number of hydrogen-bond acceptors (Lipinski definition) is 6. The number of ether oxygens (including phenoxy) is 2. The number of benzene rings is 1. The summed E-state index contributed by atoms with van der Waals surface area (Å²) in [5, 5.41) is 10.7. The van der Waals surface area contributed by atoms with Crippen LogP contribution < -0.4 is 14.8 Å². The number of rotatable bonds is 11. The topological polar surface area (TPSA) is 89.1 Å². The number of H-pyrrole nitrogens is 1. The van der Waals surface area contributed by atoms with Crippen molar-refractivity contribution in [3.63, 3.8) is 0 Å². The van der Waals surface area contributed by atoms with Gasteiger partial charge in [-0.2, -0.15) is 0 Å². The molecule has 0 aliphatic heterocycles. The highest BCUT2D eigenvalue weighted by molar-refractivity contribution is 7.99. The third kappa shape index (κ3) is 6.74. The van der Waals surface area contributed by atoms with Crippen LogP contribution in [0.4, 0.5) is 0 Å². The molecule has 0 spiro atoms. The molecule has 0 saturated heterocycles. The number of carbonyl (C=O) groups excluding carboxylic acids is 1. The number of hydrogen-bond donors (Lipinski definition) is 2. The molecule has 7 nitrogen and oxygen atoms in total. The van der Waals surface area contributed by atoms with Gasteiger partial charge in [0.15, 0.2) is 0 Å². The van der Waals surface area contributed by atoms with Crippen molar-refractivity contribution in [2.45, 2.75) is 44.2 Å². The standard InChI is InChI=1S/C20H28N4O3S/c1-2-26-16-7-9-17(10-8-16)27-12-11-21-19(25)14-28-20-22-18(23-24-20)13-15-5-3-4-6-15/h7-10,15H,2-6,11-14H2,1H3,(H,21,25)(H,22,23,24). The molecule has 0 radical (unpaired) electrons. The molecule has 152 valence electrons. The number of thioether (sulfide) groups is 1. The molecule has 1 amide bonds. The molecule has 1 aliphatic carbocycles. The van der Waals surface area contributed by atoms with Gasteiger partial charge in [-0.25, -0.2) is 4.98 Å². The molecule has 0 bridgehead atoms. The van der Waals surface area contributed by atoms with Crippen molar-refractivity contribution < 1.29 is 14.3 Å². The number of aromatic nitrogens is 3. The van der Waals surface area contributed by atoms with Crippen LogP contribution in [0.2, 0.25) is 0 Å². The van der Waals surface area contributed by atoms with E-state index in [9.17, 15) is 4.79 Å². The second-order valence-electron chi connectivity index (χ2n) is 6.81. The highest BCUT2D eigenvalue weighted by atomic mass is 32.2. The van der Waals surface area contributed by atoms with E-state index in [1.54, 1.807) is 0 Å². The largest absolute Gasteiger partial charge is 0.494 e. The van der Waals surface area contributed by atoms with Crippen molar-refractivity contribution in [1.82, 2.24) is 20.5 Å². The molecule has 1 saturated carbocycles. The Balaban J connectivity index is 1.28. The summed E-state index contributed by atoms with van der Waals surface area (Å²) in [5.41, 5.74) is 0. The summed E-state index contributed by atoms with van der Waals surface area (Å²) in [6.45, 7) is 3.45. The van der Waals surface area contributed by atoms with Crippen molar-refractivity contribution in [2.75, 3.05) is 25.5 Å². The van der Waals surface area contributed by atoms with Crippen molar-refractivity contribution in [2.24, 2.45) is 5.92 Å². The van der Waals surface area contributed by atoms with E-state index in [-0.39, 0.29) is 5.91 Å². The summed E-state index contributed by atoms with van der Waals surface area (Å²) in [6, 6.07) is 7.45. The minimum atomic E-state index is -0.0533. The monoisotopic (exact) mass is 404 g/mol. The van der Waals surface area contributed by atoms with Crippen molar-refractivity contribution >= 4 is 17.7 Å². The van der Waals surface area contributed by atoms with Gasteiger partial charge in [0.25, 0.3) is 0 Å². The molecule has 3 rings (SSSR count). The Kier molecular flexibility index (Phi) is 8.02. The van der Waals surface area contributed by atoms with E-state index in [1.165, 1.54) is 37.4 Å². The van der Waals surface area contributed by atoms with Crippen LogP contribution in [0.5, 0.6) is 11.5 Å². The first-order valence-electron chi connectivity index (χ1n) is 9.89. The van der Waals surface area contributed by atoms with Crippen LogP contribution in [0.15, 0.2) is 29.4 Å². The van der Waals surface area contributed by atoms with Gasteiger partial charge in [-0.3, -0.25) is 9.89 Å². The fourth-order valence-corrected chi connectivity index (χ4v) is 3.91. The summed E-state index contributed by atoms with van der Waals surface area (Å²) in [4.78, 5) is 16.4. The van der Waals surface area contributed by atoms with Crippen molar-refractivity contribution in [1.29, 1.82) is 0 Å². The molecule has 28 heavy (non-hydrogen) atoms. The van der Waals surface area contributed by atoms with E-state index in [4.69, 9.17) is 9.47 Å². The molecule has 1 fully saturated rings. The van der Waals surface area contributed by atoms with Gasteiger partial charge in [0.1, 0.15) is 23.9 Å². The van der Waals surface area contributed by atoms with Crippen LogP contribution in [0.1, 0.15) is 38.4 Å². The second kappa shape index (κ2) is 10.9. The van der Waals surface area contributed by atoms with Crippen LogP contribution in [-0.2, 0) is 11.2 Å². The Bertz CT molecular complexity index is 729. The van der Waals surface area contributed by atoms with Crippen molar-refractivity contribution in [3.05, 3.63) is 30.1 Å². The Morgan fingerprint density at radius 1 is 1.21 bits per heavy atom. The number of amides is 1. The molecule has 8 heteroatoms. The molecule has 2 N–H and O–H groups in total. The van der Waals surface area contributed by atoms with Crippen molar-refractivity contribution in [3.8, 4) is 11.5 Å². The molecule has 1 aromatic carbocycles. The maximum absolute atomic E-state index is 12.0. The SMILES string of the molecule is CCOc1ccc(OCCNC(=O)CSc2n[nH]c(CC3CCCC3)n2)cc1. The Morgan fingerprint density at radius 2 is 1.93 bits per heavy atom. The second-order valence-corrected chi connectivity index (χ2v) is 7.75. The molecule has 0 atom stereocenters. The average molecular weight is 405 g/mol. The van der Waals surface area contributed by atoms with E-state index in [0.29, 0.717) is 30.7 Å². The maximum atomic E-state index is 12.0. The lowest BCUT2D eigenvalue weighted by Crippen LogP contribution is -2.29. The fourth-order valence-electron chi connectivity index (χ4n) is 3.26. The normalized spacial score (nSPS) is 14.2. The summed E-state index contributed by atoms with van der Waals surface area (Å²) >= 11 is 1.35. The molecular weight excluding hydrogens is 376 g/mol. The summed E-state index contributed by atoms with van der Waals surface area (Å²) in [5.74, 6) is 3.47. The predicted molar refractivity (Wildman–Crippen MR) is 109 cm³/mol. The smallest absolute Gasteiger partial charge is 0.230 e. The zero-order valence-corrected chi connectivity index (χ0v) is 17.1. The van der Waals surface area contributed by atoms with E-state index < -0.39 is 0 Å². The first-order chi connectivity index (χ1) is 13.7. The maximum Gasteiger partial charge on any atom is 0.230 e. The van der Waals surface area contributed by atoms with Crippen LogP contribution in [0.25, 0.3) is 0 Å². The number of nitrogens with one attached hydrogen (secondary N) is 2. The van der Waals surface area contributed by atoms with Gasteiger partial charge >= 0.3 is 0 Å². The zero-order chi connectivity index (χ0) is 19.6. The minimum absolute atomic E-state index is 0.0533. The fraction of sp³-hybridized carbons (Fsp3) is 0.550. The molecule has 1 aliphatic rings. The minimum Gasteiger partial charge on any atom is -0.494 e. The lowest BCUT2D eigenvalue weighted by molar-refractivity contribution is -0.118. The summed E-state index contributed by atoms with van der Waals surface area (Å²) in [6.07, 6.45) is 6.17. The molecule has 1 heterocycles.